The van der Waals surface area contributed by atoms with Crippen molar-refractivity contribution in [2.24, 2.45) is 0 Å². The van der Waals surface area contributed by atoms with Gasteiger partial charge in [-0.3, -0.25) is 4.79 Å². The average molecular weight is 378 g/mol. The molecule has 1 fully saturated rings. The zero-order valence-electron chi connectivity index (χ0n) is 14.4. The molecular weight excluding hydrogens is 357 g/mol. The van der Waals surface area contributed by atoms with E-state index >= 15 is 0 Å². The van der Waals surface area contributed by atoms with Gasteiger partial charge in [0.25, 0.3) is 0 Å². The van der Waals surface area contributed by atoms with Crippen LogP contribution in [-0.4, -0.2) is 19.1 Å². The molecule has 5 heteroatoms. The van der Waals surface area contributed by atoms with Crippen molar-refractivity contribution in [1.82, 2.24) is 0 Å². The second kappa shape index (κ2) is 7.36. The van der Waals surface area contributed by atoms with Crippen molar-refractivity contribution in [3.05, 3.63) is 63.1 Å². The monoisotopic (exact) mass is 377 g/mol. The highest BCUT2D eigenvalue weighted by Crippen LogP contribution is 2.40. The van der Waals surface area contributed by atoms with Gasteiger partial charge in [0.2, 0.25) is 5.91 Å². The molecule has 2 aromatic rings. The Bertz CT molecular complexity index is 798. The molecule has 1 saturated heterocycles. The number of benzene rings is 2. The van der Waals surface area contributed by atoms with Crippen LogP contribution in [0.25, 0.3) is 0 Å². The van der Waals surface area contributed by atoms with Gasteiger partial charge in [0.1, 0.15) is 0 Å². The number of hydrogen-bond donors (Lipinski definition) is 1. The quantitative estimate of drug-likeness (QED) is 0.787. The summed E-state index contributed by atoms with van der Waals surface area (Å²) in [5, 5.41) is 4.18. The first-order chi connectivity index (χ1) is 11.9. The summed E-state index contributed by atoms with van der Waals surface area (Å²) in [5.41, 5.74) is 3.13. The van der Waals surface area contributed by atoms with Gasteiger partial charge in [-0.1, -0.05) is 47.0 Å². The van der Waals surface area contributed by atoms with Crippen LogP contribution in [0.2, 0.25) is 10.0 Å². The Morgan fingerprint density at radius 2 is 1.80 bits per heavy atom. The minimum Gasteiger partial charge on any atom is -0.381 e. The summed E-state index contributed by atoms with van der Waals surface area (Å²) >= 11 is 12.5. The number of hydrogen-bond acceptors (Lipinski definition) is 2. The van der Waals surface area contributed by atoms with Crippen molar-refractivity contribution >= 4 is 34.8 Å². The molecule has 0 bridgehead atoms. The minimum absolute atomic E-state index is 0.0491. The smallest absolute Gasteiger partial charge is 0.235 e. The molecule has 1 N–H and O–H groups in total. The standard InChI is InChI=1S/C20H21Cl2NO2/c1-13-3-6-18(14(2)11-13)23-19(24)20(7-9-25-10-8-20)16-5-4-15(21)12-17(16)22/h3-6,11-12H,7-10H2,1-2H3,(H,23,24). The molecule has 2 aromatic carbocycles. The predicted molar refractivity (Wildman–Crippen MR) is 103 cm³/mol. The third-order valence-corrected chi connectivity index (χ3v) is 5.41. The second-order valence-electron chi connectivity index (χ2n) is 6.59. The van der Waals surface area contributed by atoms with Gasteiger partial charge in [-0.05, 0) is 56.0 Å². The summed E-state index contributed by atoms with van der Waals surface area (Å²) in [6.45, 7) is 5.08. The van der Waals surface area contributed by atoms with E-state index in [1.165, 1.54) is 0 Å². The van der Waals surface area contributed by atoms with E-state index in [-0.39, 0.29) is 5.91 Å². The van der Waals surface area contributed by atoms with Gasteiger partial charge in [0, 0.05) is 28.9 Å². The van der Waals surface area contributed by atoms with Gasteiger partial charge in [-0.25, -0.2) is 0 Å². The van der Waals surface area contributed by atoms with Crippen LogP contribution < -0.4 is 5.32 Å². The van der Waals surface area contributed by atoms with Crippen LogP contribution in [0.15, 0.2) is 36.4 Å². The van der Waals surface area contributed by atoms with Gasteiger partial charge in [0.15, 0.2) is 0 Å². The molecule has 0 aliphatic carbocycles. The van der Waals surface area contributed by atoms with E-state index in [2.05, 4.69) is 11.4 Å². The molecule has 0 saturated carbocycles. The van der Waals surface area contributed by atoms with Crippen LogP contribution >= 0.6 is 23.2 Å². The number of anilines is 1. The number of rotatable bonds is 3. The molecule has 3 nitrogen and oxygen atoms in total. The lowest BCUT2D eigenvalue weighted by Gasteiger charge is -2.37. The molecule has 0 unspecified atom stereocenters. The van der Waals surface area contributed by atoms with E-state index < -0.39 is 5.41 Å². The van der Waals surface area contributed by atoms with Gasteiger partial charge < -0.3 is 10.1 Å². The van der Waals surface area contributed by atoms with Crippen LogP contribution in [0.1, 0.15) is 29.5 Å². The third-order valence-electron chi connectivity index (χ3n) is 4.86. The molecule has 0 spiro atoms. The van der Waals surface area contributed by atoms with Crippen LogP contribution in [0.4, 0.5) is 5.69 Å². The number of nitrogens with one attached hydrogen (secondary N) is 1. The van der Waals surface area contributed by atoms with Crippen molar-refractivity contribution in [2.45, 2.75) is 32.1 Å². The van der Waals surface area contributed by atoms with E-state index in [0.717, 1.165) is 22.4 Å². The fraction of sp³-hybridized carbons (Fsp3) is 0.350. The molecule has 1 amide bonds. The number of ether oxygens (including phenoxy) is 1. The van der Waals surface area contributed by atoms with Crippen molar-refractivity contribution in [2.75, 3.05) is 18.5 Å². The Morgan fingerprint density at radius 1 is 1.08 bits per heavy atom. The first kappa shape index (κ1) is 18.2. The Hall–Kier alpha value is -1.55. The van der Waals surface area contributed by atoms with Gasteiger partial charge in [-0.2, -0.15) is 0 Å². The summed E-state index contributed by atoms with van der Waals surface area (Å²) in [4.78, 5) is 13.3. The molecule has 0 aromatic heterocycles. The first-order valence-electron chi connectivity index (χ1n) is 8.34. The maximum atomic E-state index is 13.3. The van der Waals surface area contributed by atoms with E-state index in [1.807, 2.05) is 32.0 Å². The van der Waals surface area contributed by atoms with E-state index in [4.69, 9.17) is 27.9 Å². The molecule has 0 atom stereocenters. The highest BCUT2D eigenvalue weighted by Gasteiger charge is 2.43. The number of carbonyl (C=O) groups is 1. The predicted octanol–water partition coefficient (Wildman–Crippen LogP) is 5.30. The van der Waals surface area contributed by atoms with Gasteiger partial charge >= 0.3 is 0 Å². The average Bonchev–Trinajstić information content (AvgIpc) is 2.58. The maximum absolute atomic E-state index is 13.3. The first-order valence-corrected chi connectivity index (χ1v) is 9.10. The molecule has 1 aliphatic rings. The van der Waals surface area contributed by atoms with Crippen molar-refractivity contribution in [3.63, 3.8) is 0 Å². The van der Waals surface area contributed by atoms with E-state index in [1.54, 1.807) is 12.1 Å². The fourth-order valence-corrected chi connectivity index (χ4v) is 4.00. The largest absolute Gasteiger partial charge is 0.381 e. The van der Waals surface area contributed by atoms with Gasteiger partial charge in [0.05, 0.1) is 5.41 Å². The Balaban J connectivity index is 1.98. The van der Waals surface area contributed by atoms with Crippen LogP contribution in [0, 0.1) is 13.8 Å². The zero-order chi connectivity index (χ0) is 18.0. The molecular formula is C20H21Cl2NO2. The van der Waals surface area contributed by atoms with Crippen LogP contribution in [-0.2, 0) is 14.9 Å². The lowest BCUT2D eigenvalue weighted by Crippen LogP contribution is -2.45. The molecule has 25 heavy (non-hydrogen) atoms. The van der Waals surface area contributed by atoms with Crippen LogP contribution in [0.5, 0.6) is 0 Å². The molecule has 1 aliphatic heterocycles. The highest BCUT2D eigenvalue weighted by atomic mass is 35.5. The lowest BCUT2D eigenvalue weighted by molar-refractivity contribution is -0.125. The molecule has 132 valence electrons. The van der Waals surface area contributed by atoms with E-state index in [9.17, 15) is 4.79 Å². The highest BCUT2D eigenvalue weighted by molar-refractivity contribution is 6.35. The summed E-state index contributed by atoms with van der Waals surface area (Å²) in [7, 11) is 0. The Morgan fingerprint density at radius 3 is 2.44 bits per heavy atom. The Labute approximate surface area is 158 Å². The van der Waals surface area contributed by atoms with Crippen LogP contribution in [0.3, 0.4) is 0 Å². The maximum Gasteiger partial charge on any atom is 0.235 e. The SMILES string of the molecule is Cc1ccc(NC(=O)C2(c3ccc(Cl)cc3Cl)CCOCC2)c(C)c1. The normalized spacial score (nSPS) is 16.5. The lowest BCUT2D eigenvalue weighted by atomic mass is 9.73. The summed E-state index contributed by atoms with van der Waals surface area (Å²) in [5.74, 6) is -0.0491. The summed E-state index contributed by atoms with van der Waals surface area (Å²) < 4.78 is 5.50. The zero-order valence-corrected chi connectivity index (χ0v) is 15.9. The number of aryl methyl sites for hydroxylation is 2. The van der Waals surface area contributed by atoms with E-state index in [0.29, 0.717) is 36.1 Å². The number of carbonyl (C=O) groups excluding carboxylic acids is 1. The second-order valence-corrected chi connectivity index (χ2v) is 7.43. The summed E-state index contributed by atoms with van der Waals surface area (Å²) in [6.07, 6.45) is 1.18. The molecule has 0 radical (unpaired) electrons. The number of halogens is 2. The summed E-state index contributed by atoms with van der Waals surface area (Å²) in [6, 6.07) is 11.3. The molecule has 1 heterocycles. The fourth-order valence-electron chi connectivity index (χ4n) is 3.41. The third kappa shape index (κ3) is 3.69. The van der Waals surface area contributed by atoms with Crippen molar-refractivity contribution < 1.29 is 9.53 Å². The van der Waals surface area contributed by atoms with Crippen molar-refractivity contribution in [1.29, 1.82) is 0 Å². The molecule has 3 rings (SSSR count). The Kier molecular flexibility index (Phi) is 5.38. The minimum atomic E-state index is -0.711. The topological polar surface area (TPSA) is 38.3 Å². The number of amides is 1. The van der Waals surface area contributed by atoms with Crippen molar-refractivity contribution in [3.8, 4) is 0 Å². The van der Waals surface area contributed by atoms with Gasteiger partial charge in [-0.15, -0.1) is 0 Å².